The molecule has 1 amide bonds. The number of benzene rings is 1. The lowest BCUT2D eigenvalue weighted by Gasteiger charge is -2.23. The number of aromatic nitrogens is 1. The number of nitrogens with one attached hydrogen (secondary N) is 1. The summed E-state index contributed by atoms with van der Waals surface area (Å²) < 4.78 is 5.14. The second-order valence-electron chi connectivity index (χ2n) is 6.57. The molecule has 5 nitrogen and oxygen atoms in total. The molecule has 0 saturated carbocycles. The van der Waals surface area contributed by atoms with Crippen molar-refractivity contribution in [3.05, 3.63) is 80.8 Å². The van der Waals surface area contributed by atoms with Crippen LogP contribution in [0.1, 0.15) is 49.5 Å². The van der Waals surface area contributed by atoms with E-state index in [1.54, 1.807) is 6.92 Å². The van der Waals surface area contributed by atoms with Crippen LogP contribution in [0.5, 0.6) is 0 Å². The molecule has 6 heteroatoms. The van der Waals surface area contributed by atoms with Crippen molar-refractivity contribution < 1.29 is 14.3 Å². The predicted molar refractivity (Wildman–Crippen MR) is 111 cm³/mol. The Balaban J connectivity index is 1.91. The minimum absolute atomic E-state index is 0.0171. The molecule has 146 valence electrons. The minimum Gasteiger partial charge on any atom is -0.461 e. The van der Waals surface area contributed by atoms with Gasteiger partial charge in [0.15, 0.2) is 0 Å². The van der Waals surface area contributed by atoms with Crippen LogP contribution in [0, 0.1) is 13.8 Å². The third kappa shape index (κ3) is 4.34. The molecule has 0 radical (unpaired) electrons. The van der Waals surface area contributed by atoms with Gasteiger partial charge in [-0.15, -0.1) is 11.3 Å². The van der Waals surface area contributed by atoms with E-state index in [0.717, 1.165) is 22.4 Å². The summed E-state index contributed by atoms with van der Waals surface area (Å²) in [7, 11) is 0. The quantitative estimate of drug-likeness (QED) is 0.588. The third-order valence-corrected chi connectivity index (χ3v) is 5.51. The first-order valence-electron chi connectivity index (χ1n) is 9.23. The lowest BCUT2D eigenvalue weighted by atomic mass is 10.1. The van der Waals surface area contributed by atoms with Crippen molar-refractivity contribution in [3.8, 4) is 0 Å². The van der Waals surface area contributed by atoms with Crippen LogP contribution in [0.15, 0.2) is 47.8 Å². The fourth-order valence-electron chi connectivity index (χ4n) is 3.18. The van der Waals surface area contributed by atoms with Crippen molar-refractivity contribution in [1.29, 1.82) is 0 Å². The van der Waals surface area contributed by atoms with E-state index in [-0.39, 0.29) is 11.9 Å². The van der Waals surface area contributed by atoms with Crippen LogP contribution in [0.2, 0.25) is 0 Å². The van der Waals surface area contributed by atoms with Crippen molar-refractivity contribution >= 4 is 23.2 Å². The molecule has 1 N–H and O–H groups in total. The Morgan fingerprint density at radius 1 is 1.07 bits per heavy atom. The molecular weight excluding hydrogens is 372 g/mol. The van der Waals surface area contributed by atoms with Gasteiger partial charge in [0.25, 0.3) is 5.91 Å². The molecule has 0 saturated heterocycles. The molecule has 0 unspecified atom stereocenters. The highest BCUT2D eigenvalue weighted by Gasteiger charge is 2.23. The molecule has 0 fully saturated rings. The smallest absolute Gasteiger partial charge is 0.355 e. The Morgan fingerprint density at radius 2 is 1.82 bits per heavy atom. The monoisotopic (exact) mass is 396 g/mol. The van der Waals surface area contributed by atoms with E-state index in [4.69, 9.17) is 4.74 Å². The van der Waals surface area contributed by atoms with Gasteiger partial charge in [-0.3, -0.25) is 4.79 Å². The number of carbonyl (C=O) groups excluding carboxylic acids is 2. The third-order valence-electron chi connectivity index (χ3n) is 4.66. The highest BCUT2D eigenvalue weighted by molar-refractivity contribution is 7.12. The first-order valence-corrected chi connectivity index (χ1v) is 10.1. The summed E-state index contributed by atoms with van der Waals surface area (Å²) in [4.78, 5) is 31.0. The van der Waals surface area contributed by atoms with Gasteiger partial charge >= 0.3 is 5.97 Å². The number of esters is 1. The van der Waals surface area contributed by atoms with Gasteiger partial charge in [0.05, 0.1) is 11.5 Å². The van der Waals surface area contributed by atoms with Crippen molar-refractivity contribution in [2.45, 2.75) is 33.9 Å². The molecule has 0 aliphatic carbocycles. The molecule has 0 atom stereocenters. The van der Waals surface area contributed by atoms with Gasteiger partial charge in [-0.25, -0.2) is 4.79 Å². The number of aryl methyl sites for hydroxylation is 1. The molecule has 2 aromatic heterocycles. The normalized spacial score (nSPS) is 10.7. The van der Waals surface area contributed by atoms with E-state index in [1.165, 1.54) is 11.3 Å². The number of amides is 1. The van der Waals surface area contributed by atoms with Gasteiger partial charge < -0.3 is 14.6 Å². The number of rotatable bonds is 7. The van der Waals surface area contributed by atoms with E-state index < -0.39 is 0 Å². The first kappa shape index (κ1) is 19.9. The summed E-state index contributed by atoms with van der Waals surface area (Å²) in [6.07, 6.45) is 0. The zero-order chi connectivity index (χ0) is 20.1. The van der Waals surface area contributed by atoms with Crippen molar-refractivity contribution in [1.82, 2.24) is 9.88 Å². The summed E-state index contributed by atoms with van der Waals surface area (Å²) in [5.41, 5.74) is 4.16. The Morgan fingerprint density at radius 3 is 2.46 bits per heavy atom. The summed E-state index contributed by atoms with van der Waals surface area (Å²) >= 11 is 1.43. The maximum absolute atomic E-state index is 13.1. The fraction of sp³-hybridized carbons (Fsp3) is 0.273. The second kappa shape index (κ2) is 8.89. The average molecular weight is 397 g/mol. The van der Waals surface area contributed by atoms with Crippen molar-refractivity contribution in [2.75, 3.05) is 6.61 Å². The van der Waals surface area contributed by atoms with E-state index in [2.05, 4.69) is 4.98 Å². The van der Waals surface area contributed by atoms with Gasteiger partial charge in [0.2, 0.25) is 0 Å². The van der Waals surface area contributed by atoms with Crippen LogP contribution in [0.4, 0.5) is 0 Å². The van der Waals surface area contributed by atoms with E-state index in [0.29, 0.717) is 30.3 Å². The molecule has 0 bridgehead atoms. The number of nitrogens with zero attached hydrogens (tertiary/aromatic N) is 1. The lowest BCUT2D eigenvalue weighted by Crippen LogP contribution is -2.30. The van der Waals surface area contributed by atoms with Gasteiger partial charge in [0, 0.05) is 18.8 Å². The molecule has 3 rings (SSSR count). The molecule has 0 spiro atoms. The maximum Gasteiger partial charge on any atom is 0.355 e. The molecule has 3 aromatic rings. The zero-order valence-electron chi connectivity index (χ0n) is 16.3. The number of H-pyrrole nitrogens is 1. The van der Waals surface area contributed by atoms with Crippen molar-refractivity contribution in [3.63, 3.8) is 0 Å². The van der Waals surface area contributed by atoms with Gasteiger partial charge in [-0.05, 0) is 48.9 Å². The SMILES string of the molecule is CCOC(=O)c1[nH]c(C)c(CN(Cc2ccccc2)C(=O)c2cccs2)c1C. The number of ether oxygens (including phenoxy) is 1. The van der Waals surface area contributed by atoms with Crippen LogP contribution in [0.25, 0.3) is 0 Å². The largest absolute Gasteiger partial charge is 0.461 e. The molecule has 28 heavy (non-hydrogen) atoms. The van der Waals surface area contributed by atoms with Gasteiger partial charge in [-0.2, -0.15) is 0 Å². The Kier molecular flexibility index (Phi) is 6.31. The van der Waals surface area contributed by atoms with Crippen LogP contribution in [-0.4, -0.2) is 28.4 Å². The molecular formula is C22H24N2O3S. The van der Waals surface area contributed by atoms with Crippen LogP contribution in [0.3, 0.4) is 0 Å². The number of hydrogen-bond donors (Lipinski definition) is 1. The maximum atomic E-state index is 13.1. The van der Waals surface area contributed by atoms with Gasteiger partial charge in [-0.1, -0.05) is 36.4 Å². The topological polar surface area (TPSA) is 62.4 Å². The highest BCUT2D eigenvalue weighted by Crippen LogP contribution is 2.23. The standard InChI is InChI=1S/C22H24N2O3S/c1-4-27-22(26)20-15(2)18(16(3)23-20)14-24(13-17-9-6-5-7-10-17)21(25)19-11-8-12-28-19/h5-12,23H,4,13-14H2,1-3H3. The Bertz CT molecular complexity index is 946. The summed E-state index contributed by atoms with van der Waals surface area (Å²) in [6, 6.07) is 13.6. The Labute approximate surface area is 169 Å². The van der Waals surface area contributed by atoms with Crippen LogP contribution in [-0.2, 0) is 17.8 Å². The van der Waals surface area contributed by atoms with Crippen molar-refractivity contribution in [2.24, 2.45) is 0 Å². The van der Waals surface area contributed by atoms with E-state index in [1.807, 2.05) is 66.6 Å². The Hall–Kier alpha value is -2.86. The van der Waals surface area contributed by atoms with Crippen LogP contribution >= 0.6 is 11.3 Å². The lowest BCUT2D eigenvalue weighted by molar-refractivity contribution is 0.0519. The number of thiophene rings is 1. The predicted octanol–water partition coefficient (Wildman–Crippen LogP) is 4.71. The summed E-state index contributed by atoms with van der Waals surface area (Å²) in [5, 5.41) is 1.90. The second-order valence-corrected chi connectivity index (χ2v) is 7.52. The minimum atomic E-state index is -0.367. The van der Waals surface area contributed by atoms with E-state index >= 15 is 0 Å². The first-order chi connectivity index (χ1) is 13.5. The highest BCUT2D eigenvalue weighted by atomic mass is 32.1. The van der Waals surface area contributed by atoms with Gasteiger partial charge in [0.1, 0.15) is 5.69 Å². The zero-order valence-corrected chi connectivity index (χ0v) is 17.1. The van der Waals surface area contributed by atoms with Crippen LogP contribution < -0.4 is 0 Å². The summed E-state index contributed by atoms with van der Waals surface area (Å²) in [5.74, 6) is -0.384. The summed E-state index contributed by atoms with van der Waals surface area (Å²) in [6.45, 7) is 6.83. The number of aromatic amines is 1. The average Bonchev–Trinajstić information content (AvgIpc) is 3.32. The number of hydrogen-bond acceptors (Lipinski definition) is 4. The number of carbonyl (C=O) groups is 2. The molecule has 0 aliphatic rings. The molecule has 1 aromatic carbocycles. The van der Waals surface area contributed by atoms with E-state index in [9.17, 15) is 9.59 Å². The molecule has 0 aliphatic heterocycles. The molecule has 2 heterocycles. The fourth-order valence-corrected chi connectivity index (χ4v) is 3.87.